The maximum atomic E-state index is 12.3. The van der Waals surface area contributed by atoms with E-state index >= 15 is 0 Å². The summed E-state index contributed by atoms with van der Waals surface area (Å²) in [6, 6.07) is 13.9. The molecule has 0 saturated carbocycles. The van der Waals surface area contributed by atoms with Gasteiger partial charge in [-0.05, 0) is 41.8 Å². The summed E-state index contributed by atoms with van der Waals surface area (Å²) in [6.07, 6.45) is 1.29. The van der Waals surface area contributed by atoms with E-state index in [-0.39, 0.29) is 5.91 Å². The van der Waals surface area contributed by atoms with E-state index in [2.05, 4.69) is 30.1 Å². The maximum absolute atomic E-state index is 12.3. The molecule has 24 heavy (non-hydrogen) atoms. The van der Waals surface area contributed by atoms with Gasteiger partial charge >= 0.3 is 0 Å². The molecule has 2 aromatic carbocycles. The van der Waals surface area contributed by atoms with Gasteiger partial charge in [0.25, 0.3) is 5.91 Å². The predicted molar refractivity (Wildman–Crippen MR) is 97.4 cm³/mol. The third-order valence-electron chi connectivity index (χ3n) is 4.02. The normalized spacial score (nSPS) is 11.9. The maximum Gasteiger partial charge on any atom is 0.252 e. The van der Waals surface area contributed by atoms with Gasteiger partial charge in [-0.2, -0.15) is 4.99 Å². The fraction of sp³-hybridized carbons (Fsp3) is 0.263. The summed E-state index contributed by atoms with van der Waals surface area (Å²) in [5, 5.41) is 0. The largest absolute Gasteiger partial charge is 0.497 e. The third-order valence-corrected chi connectivity index (χ3v) is 5.11. The number of hydrogen-bond donors (Lipinski definition) is 0. The zero-order chi connectivity index (χ0) is 17.1. The monoisotopic (exact) mass is 340 g/mol. The van der Waals surface area contributed by atoms with E-state index < -0.39 is 0 Å². The first kappa shape index (κ1) is 16.5. The number of rotatable bonds is 4. The first-order chi connectivity index (χ1) is 11.6. The highest BCUT2D eigenvalue weighted by Gasteiger charge is 2.07. The van der Waals surface area contributed by atoms with Gasteiger partial charge in [0.15, 0.2) is 4.80 Å². The number of methoxy groups -OCH3 is 1. The van der Waals surface area contributed by atoms with Crippen molar-refractivity contribution in [1.29, 1.82) is 0 Å². The Morgan fingerprint density at radius 3 is 2.54 bits per heavy atom. The Morgan fingerprint density at radius 1 is 1.17 bits per heavy atom. The number of ether oxygens (including phenoxy) is 1. The topological polar surface area (TPSA) is 43.6 Å². The summed E-state index contributed by atoms with van der Waals surface area (Å²) in [7, 11) is 3.57. The fourth-order valence-electron chi connectivity index (χ4n) is 2.57. The lowest BCUT2D eigenvalue weighted by Crippen LogP contribution is -2.14. The van der Waals surface area contributed by atoms with Gasteiger partial charge in [0.05, 0.1) is 23.7 Å². The molecule has 0 radical (unpaired) electrons. The van der Waals surface area contributed by atoms with Crippen molar-refractivity contribution in [2.75, 3.05) is 7.11 Å². The molecule has 3 rings (SSSR count). The number of fused-ring (bicyclic) bond motifs is 1. The molecule has 1 aromatic heterocycles. The van der Waals surface area contributed by atoms with Crippen LogP contribution in [0.15, 0.2) is 47.5 Å². The quantitative estimate of drug-likeness (QED) is 0.730. The number of thiazole rings is 1. The number of aromatic nitrogens is 1. The number of carbonyl (C=O) groups excluding carboxylic acids is 1. The molecule has 0 aliphatic carbocycles. The molecule has 0 bridgehead atoms. The van der Waals surface area contributed by atoms with E-state index in [0.29, 0.717) is 6.42 Å². The van der Waals surface area contributed by atoms with E-state index in [4.69, 9.17) is 4.74 Å². The second-order valence-electron chi connectivity index (χ2n) is 5.63. The van der Waals surface area contributed by atoms with Crippen LogP contribution in [0, 0.1) is 0 Å². The minimum Gasteiger partial charge on any atom is -0.497 e. The molecule has 0 spiro atoms. The second kappa shape index (κ2) is 7.01. The smallest absolute Gasteiger partial charge is 0.252 e. The van der Waals surface area contributed by atoms with Gasteiger partial charge in [0, 0.05) is 7.05 Å². The van der Waals surface area contributed by atoms with Crippen molar-refractivity contribution < 1.29 is 9.53 Å². The Balaban J connectivity index is 1.87. The predicted octanol–water partition coefficient (Wildman–Crippen LogP) is 3.48. The average Bonchev–Trinajstić information content (AvgIpc) is 2.90. The fourth-order valence-corrected chi connectivity index (χ4v) is 3.67. The highest BCUT2D eigenvalue weighted by molar-refractivity contribution is 7.16. The van der Waals surface area contributed by atoms with Crippen LogP contribution in [0.3, 0.4) is 0 Å². The Labute approximate surface area is 145 Å². The van der Waals surface area contributed by atoms with E-state index in [9.17, 15) is 4.79 Å². The van der Waals surface area contributed by atoms with Crippen molar-refractivity contribution in [1.82, 2.24) is 4.57 Å². The lowest BCUT2D eigenvalue weighted by molar-refractivity contribution is -0.117. The molecular weight excluding hydrogens is 320 g/mol. The summed E-state index contributed by atoms with van der Waals surface area (Å²) in [5.74, 6) is 0.642. The number of hydrogen-bond acceptors (Lipinski definition) is 3. The molecule has 0 atom stereocenters. The molecule has 0 fully saturated rings. The van der Waals surface area contributed by atoms with Gasteiger partial charge < -0.3 is 9.30 Å². The number of nitrogens with zero attached hydrogens (tertiary/aromatic N) is 2. The van der Waals surface area contributed by atoms with Crippen molar-refractivity contribution in [3.63, 3.8) is 0 Å². The Morgan fingerprint density at radius 2 is 1.88 bits per heavy atom. The average molecular weight is 340 g/mol. The number of amides is 1. The van der Waals surface area contributed by atoms with E-state index in [0.717, 1.165) is 32.8 Å². The Kier molecular flexibility index (Phi) is 4.81. The van der Waals surface area contributed by atoms with Gasteiger partial charge in [0.2, 0.25) is 0 Å². The first-order valence-corrected chi connectivity index (χ1v) is 8.71. The SMILES string of the molecule is CCc1ccc2c(c1)sc(=NC(=O)Cc1ccc(OC)cc1)n2C. The summed E-state index contributed by atoms with van der Waals surface area (Å²) in [6.45, 7) is 2.14. The minimum atomic E-state index is -0.141. The summed E-state index contributed by atoms with van der Waals surface area (Å²) in [5.41, 5.74) is 3.33. The van der Waals surface area contributed by atoms with E-state index in [1.54, 1.807) is 18.4 Å². The molecule has 0 unspecified atom stereocenters. The van der Waals surface area contributed by atoms with Crippen LogP contribution in [0.2, 0.25) is 0 Å². The van der Waals surface area contributed by atoms with Crippen LogP contribution >= 0.6 is 11.3 Å². The van der Waals surface area contributed by atoms with Gasteiger partial charge in [-0.15, -0.1) is 0 Å². The molecule has 5 heteroatoms. The second-order valence-corrected chi connectivity index (χ2v) is 6.64. The number of aryl methyl sites for hydroxylation is 2. The van der Waals surface area contributed by atoms with Crippen LogP contribution in [0.1, 0.15) is 18.1 Å². The van der Waals surface area contributed by atoms with Crippen molar-refractivity contribution in [2.45, 2.75) is 19.8 Å². The van der Waals surface area contributed by atoms with Gasteiger partial charge in [0.1, 0.15) is 5.75 Å². The Bertz CT molecular complexity index is 936. The van der Waals surface area contributed by atoms with Crippen LogP contribution in [0.5, 0.6) is 5.75 Å². The zero-order valence-electron chi connectivity index (χ0n) is 14.1. The molecule has 3 aromatic rings. The van der Waals surface area contributed by atoms with Crippen LogP contribution < -0.4 is 9.54 Å². The molecule has 4 nitrogen and oxygen atoms in total. The molecule has 0 aliphatic rings. The summed E-state index contributed by atoms with van der Waals surface area (Å²) in [4.78, 5) is 17.3. The number of carbonyl (C=O) groups is 1. The molecule has 1 amide bonds. The molecule has 1 heterocycles. The van der Waals surface area contributed by atoms with Crippen molar-refractivity contribution in [2.24, 2.45) is 12.0 Å². The van der Waals surface area contributed by atoms with E-state index in [1.165, 1.54) is 5.56 Å². The van der Waals surface area contributed by atoms with Gasteiger partial charge in [-0.25, -0.2) is 0 Å². The van der Waals surface area contributed by atoms with Crippen molar-refractivity contribution >= 4 is 27.5 Å². The van der Waals surface area contributed by atoms with Crippen LogP contribution in [-0.2, 0) is 24.7 Å². The highest BCUT2D eigenvalue weighted by atomic mass is 32.1. The first-order valence-electron chi connectivity index (χ1n) is 7.89. The summed E-state index contributed by atoms with van der Waals surface area (Å²) >= 11 is 1.55. The Hall–Kier alpha value is -2.40. The standard InChI is InChI=1S/C19H20N2O2S/c1-4-13-7-10-16-17(11-13)24-19(21(16)2)20-18(22)12-14-5-8-15(23-3)9-6-14/h5-11H,4,12H2,1-3H3. The number of benzene rings is 2. The van der Waals surface area contributed by atoms with Crippen LogP contribution in [0.4, 0.5) is 0 Å². The molecular formula is C19H20N2O2S. The lowest BCUT2D eigenvalue weighted by Gasteiger charge is -2.01. The van der Waals surface area contributed by atoms with Crippen molar-refractivity contribution in [3.05, 3.63) is 58.4 Å². The highest BCUT2D eigenvalue weighted by Crippen LogP contribution is 2.19. The molecule has 124 valence electrons. The molecule has 0 N–H and O–H groups in total. The lowest BCUT2D eigenvalue weighted by atomic mass is 10.1. The van der Waals surface area contributed by atoms with Crippen LogP contribution in [0.25, 0.3) is 10.2 Å². The molecule has 0 aliphatic heterocycles. The summed E-state index contributed by atoms with van der Waals surface area (Å²) < 4.78 is 8.27. The molecule has 0 saturated heterocycles. The third kappa shape index (κ3) is 3.41. The van der Waals surface area contributed by atoms with E-state index in [1.807, 2.05) is 35.9 Å². The van der Waals surface area contributed by atoms with Crippen LogP contribution in [-0.4, -0.2) is 17.6 Å². The van der Waals surface area contributed by atoms with Gasteiger partial charge in [-0.3, -0.25) is 4.79 Å². The zero-order valence-corrected chi connectivity index (χ0v) is 14.9. The van der Waals surface area contributed by atoms with Crippen molar-refractivity contribution in [3.8, 4) is 5.75 Å². The van der Waals surface area contributed by atoms with Gasteiger partial charge in [-0.1, -0.05) is 36.5 Å². The minimum absolute atomic E-state index is 0.141.